The minimum Gasteiger partial charge on any atom is -0.381 e. The van der Waals surface area contributed by atoms with Crippen molar-refractivity contribution in [2.75, 3.05) is 20.2 Å². The Labute approximate surface area is 83.7 Å². The molecule has 0 fully saturated rings. The molecule has 1 aromatic rings. The van der Waals surface area contributed by atoms with Crippen molar-refractivity contribution in [3.05, 3.63) is 35.4 Å². The highest BCUT2D eigenvalue weighted by Gasteiger charge is 2.34. The largest absolute Gasteiger partial charge is 0.381 e. The van der Waals surface area contributed by atoms with E-state index in [0.29, 0.717) is 19.8 Å². The number of ether oxygens (including phenoxy) is 1. The maximum Gasteiger partial charge on any atom is 0.126 e. The van der Waals surface area contributed by atoms with Crippen molar-refractivity contribution in [3.8, 4) is 0 Å². The van der Waals surface area contributed by atoms with Gasteiger partial charge in [-0.25, -0.2) is 0 Å². The van der Waals surface area contributed by atoms with Crippen LogP contribution in [0.25, 0.3) is 0 Å². The number of hydrogen-bond acceptors (Lipinski definition) is 3. The average Bonchev–Trinajstić information content (AvgIpc) is 2.19. The molecule has 1 atom stereocenters. The average molecular weight is 193 g/mol. The minimum absolute atomic E-state index is 0.366. The molecule has 0 radical (unpaired) electrons. The van der Waals surface area contributed by atoms with Gasteiger partial charge in [-0.3, -0.25) is 0 Å². The number of benzene rings is 1. The van der Waals surface area contributed by atoms with E-state index in [1.54, 1.807) is 0 Å². The Bertz CT molecular complexity index is 327. The number of aliphatic hydroxyl groups is 1. The van der Waals surface area contributed by atoms with Crippen LogP contribution in [0.5, 0.6) is 0 Å². The molecule has 1 heterocycles. The van der Waals surface area contributed by atoms with E-state index in [2.05, 4.69) is 5.32 Å². The van der Waals surface area contributed by atoms with Gasteiger partial charge < -0.3 is 15.2 Å². The maximum atomic E-state index is 10.3. The van der Waals surface area contributed by atoms with Crippen LogP contribution in [0.15, 0.2) is 24.3 Å². The molecule has 0 bridgehead atoms. The molecule has 0 saturated heterocycles. The Balaban J connectivity index is 2.39. The molecule has 14 heavy (non-hydrogen) atoms. The van der Waals surface area contributed by atoms with E-state index in [1.807, 2.05) is 31.3 Å². The third-order valence-electron chi connectivity index (χ3n) is 2.59. The van der Waals surface area contributed by atoms with Crippen LogP contribution in [-0.2, 0) is 16.9 Å². The number of likely N-dealkylation sites (N-methyl/N-ethyl adjacent to an activating group) is 1. The first kappa shape index (κ1) is 9.65. The molecule has 76 valence electrons. The number of nitrogens with one attached hydrogen (secondary N) is 1. The van der Waals surface area contributed by atoms with Crippen LogP contribution in [0, 0.1) is 0 Å². The predicted molar refractivity (Wildman–Crippen MR) is 53.9 cm³/mol. The van der Waals surface area contributed by atoms with Crippen LogP contribution in [0.3, 0.4) is 0 Å². The molecule has 1 aliphatic heterocycles. The molecule has 1 aromatic carbocycles. The predicted octanol–water partition coefficient (Wildman–Crippen LogP) is 0.624. The zero-order chi connectivity index (χ0) is 10.0. The quantitative estimate of drug-likeness (QED) is 0.723. The Morgan fingerprint density at radius 1 is 1.50 bits per heavy atom. The first-order valence-corrected chi connectivity index (χ1v) is 4.79. The van der Waals surface area contributed by atoms with E-state index in [9.17, 15) is 5.11 Å². The van der Waals surface area contributed by atoms with Crippen molar-refractivity contribution >= 4 is 0 Å². The van der Waals surface area contributed by atoms with Gasteiger partial charge in [0.1, 0.15) is 5.60 Å². The second-order valence-electron chi connectivity index (χ2n) is 3.71. The van der Waals surface area contributed by atoms with Crippen molar-refractivity contribution in [3.63, 3.8) is 0 Å². The molecule has 0 spiro atoms. The van der Waals surface area contributed by atoms with Gasteiger partial charge in [0, 0.05) is 6.54 Å². The van der Waals surface area contributed by atoms with Gasteiger partial charge in [0.25, 0.3) is 0 Å². The van der Waals surface area contributed by atoms with E-state index >= 15 is 0 Å². The highest BCUT2D eigenvalue weighted by Crippen LogP contribution is 2.29. The molecule has 0 aromatic heterocycles. The van der Waals surface area contributed by atoms with E-state index in [-0.39, 0.29) is 0 Å². The molecule has 2 rings (SSSR count). The summed E-state index contributed by atoms with van der Waals surface area (Å²) in [5.74, 6) is 0. The fourth-order valence-electron chi connectivity index (χ4n) is 1.95. The Morgan fingerprint density at radius 3 is 3.07 bits per heavy atom. The SMILES string of the molecule is CNCC1(O)COCc2ccccc21. The number of rotatable bonds is 2. The molecule has 0 amide bonds. The lowest BCUT2D eigenvalue weighted by Gasteiger charge is -2.34. The van der Waals surface area contributed by atoms with Gasteiger partial charge in [0.05, 0.1) is 13.2 Å². The van der Waals surface area contributed by atoms with Gasteiger partial charge in [0.15, 0.2) is 0 Å². The molecular weight excluding hydrogens is 178 g/mol. The summed E-state index contributed by atoms with van der Waals surface area (Å²) < 4.78 is 5.37. The molecular formula is C11H15NO2. The van der Waals surface area contributed by atoms with Crippen LogP contribution in [0.2, 0.25) is 0 Å². The number of fused-ring (bicyclic) bond motifs is 1. The molecule has 0 saturated carbocycles. The third kappa shape index (κ3) is 1.54. The van der Waals surface area contributed by atoms with Crippen LogP contribution >= 0.6 is 0 Å². The standard InChI is InChI=1S/C11H15NO2/c1-12-7-11(13)8-14-6-9-4-2-3-5-10(9)11/h2-5,12-13H,6-8H2,1H3. The van der Waals surface area contributed by atoms with E-state index in [0.717, 1.165) is 11.1 Å². The zero-order valence-electron chi connectivity index (χ0n) is 8.29. The Hall–Kier alpha value is -0.900. The van der Waals surface area contributed by atoms with E-state index < -0.39 is 5.60 Å². The normalized spacial score (nSPS) is 25.9. The first-order valence-electron chi connectivity index (χ1n) is 4.79. The van der Waals surface area contributed by atoms with Crippen LogP contribution in [-0.4, -0.2) is 25.3 Å². The molecule has 2 N–H and O–H groups in total. The fourth-order valence-corrected chi connectivity index (χ4v) is 1.95. The first-order chi connectivity index (χ1) is 6.76. The smallest absolute Gasteiger partial charge is 0.126 e. The van der Waals surface area contributed by atoms with Crippen LogP contribution < -0.4 is 5.32 Å². The summed E-state index contributed by atoms with van der Waals surface area (Å²) in [6.45, 7) is 1.48. The van der Waals surface area contributed by atoms with Gasteiger partial charge in [0.2, 0.25) is 0 Å². The second kappa shape index (κ2) is 3.69. The lowest BCUT2D eigenvalue weighted by atomic mass is 9.89. The number of hydrogen-bond donors (Lipinski definition) is 2. The van der Waals surface area contributed by atoms with E-state index in [1.165, 1.54) is 0 Å². The summed E-state index contributed by atoms with van der Waals surface area (Å²) in [7, 11) is 1.83. The summed E-state index contributed by atoms with van der Waals surface area (Å²) in [5, 5.41) is 13.3. The zero-order valence-corrected chi connectivity index (χ0v) is 8.29. The highest BCUT2D eigenvalue weighted by molar-refractivity contribution is 5.33. The van der Waals surface area contributed by atoms with Crippen molar-refractivity contribution in [1.29, 1.82) is 0 Å². The Kier molecular flexibility index (Phi) is 2.54. The van der Waals surface area contributed by atoms with Crippen LogP contribution in [0.1, 0.15) is 11.1 Å². The summed E-state index contributed by atoms with van der Waals surface area (Å²) in [6.07, 6.45) is 0. The van der Waals surface area contributed by atoms with Crippen molar-refractivity contribution in [2.24, 2.45) is 0 Å². The van der Waals surface area contributed by atoms with Crippen LogP contribution in [0.4, 0.5) is 0 Å². The molecule has 3 heteroatoms. The van der Waals surface area contributed by atoms with Gasteiger partial charge in [-0.1, -0.05) is 24.3 Å². The lowest BCUT2D eigenvalue weighted by Crippen LogP contribution is -2.43. The van der Waals surface area contributed by atoms with E-state index in [4.69, 9.17) is 4.74 Å². The van der Waals surface area contributed by atoms with Crippen molar-refractivity contribution in [2.45, 2.75) is 12.2 Å². The van der Waals surface area contributed by atoms with Crippen molar-refractivity contribution < 1.29 is 9.84 Å². The van der Waals surface area contributed by atoms with Gasteiger partial charge in [-0.15, -0.1) is 0 Å². The minimum atomic E-state index is -0.871. The summed E-state index contributed by atoms with van der Waals surface area (Å²) in [6, 6.07) is 7.88. The Morgan fingerprint density at radius 2 is 2.29 bits per heavy atom. The lowest BCUT2D eigenvalue weighted by molar-refractivity contribution is -0.0703. The van der Waals surface area contributed by atoms with Gasteiger partial charge >= 0.3 is 0 Å². The highest BCUT2D eigenvalue weighted by atomic mass is 16.5. The topological polar surface area (TPSA) is 41.5 Å². The fraction of sp³-hybridized carbons (Fsp3) is 0.455. The molecule has 1 unspecified atom stereocenters. The van der Waals surface area contributed by atoms with Gasteiger partial charge in [-0.05, 0) is 18.2 Å². The molecule has 0 aliphatic carbocycles. The molecule has 3 nitrogen and oxygen atoms in total. The summed E-state index contributed by atoms with van der Waals surface area (Å²) in [5.41, 5.74) is 1.20. The molecule has 1 aliphatic rings. The second-order valence-corrected chi connectivity index (χ2v) is 3.71. The summed E-state index contributed by atoms with van der Waals surface area (Å²) >= 11 is 0. The third-order valence-corrected chi connectivity index (χ3v) is 2.59. The van der Waals surface area contributed by atoms with Gasteiger partial charge in [-0.2, -0.15) is 0 Å². The maximum absolute atomic E-state index is 10.3. The monoisotopic (exact) mass is 193 g/mol. The summed E-state index contributed by atoms with van der Waals surface area (Å²) in [4.78, 5) is 0. The van der Waals surface area contributed by atoms with Crippen molar-refractivity contribution in [1.82, 2.24) is 5.32 Å².